The van der Waals surface area contributed by atoms with Crippen molar-refractivity contribution in [1.29, 1.82) is 0 Å². The molecule has 1 N–H and O–H groups in total. The number of halogens is 2. The summed E-state index contributed by atoms with van der Waals surface area (Å²) >= 11 is 3.53. The van der Waals surface area contributed by atoms with Gasteiger partial charge < -0.3 is 24.2 Å². The lowest BCUT2D eigenvalue weighted by Crippen LogP contribution is -2.38. The molecule has 0 spiro atoms. The van der Waals surface area contributed by atoms with E-state index in [1.54, 1.807) is 36.5 Å². The minimum absolute atomic E-state index is 0.0748. The van der Waals surface area contributed by atoms with E-state index in [4.69, 9.17) is 19.2 Å². The molecule has 200 valence electrons. The monoisotopic (exact) mass is 583 g/mol. The molecule has 0 bridgehead atoms. The van der Waals surface area contributed by atoms with E-state index in [1.165, 1.54) is 21.3 Å². The molecule has 2 aromatic heterocycles. The summed E-state index contributed by atoms with van der Waals surface area (Å²) in [5.74, 6) is -0.732. The average Bonchev–Trinajstić information content (AvgIpc) is 2.92. The first-order valence-electron chi connectivity index (χ1n) is 12.1. The molecule has 4 rings (SSSR count). The highest BCUT2D eigenvalue weighted by Gasteiger charge is 2.44. The predicted octanol–water partition coefficient (Wildman–Crippen LogP) is 5.53. The van der Waals surface area contributed by atoms with Crippen molar-refractivity contribution in [3.63, 3.8) is 0 Å². The number of pyridine rings is 2. The van der Waals surface area contributed by atoms with E-state index in [-0.39, 0.29) is 23.6 Å². The van der Waals surface area contributed by atoms with Crippen LogP contribution in [0, 0.1) is 5.82 Å². The molecule has 0 fully saturated rings. The Balaban J connectivity index is 2.07. The second-order valence-electron chi connectivity index (χ2n) is 9.29. The molecule has 7 nitrogen and oxygen atoms in total. The molecule has 0 aliphatic carbocycles. The minimum Gasteiger partial charge on any atom is -0.494 e. The molecule has 0 saturated heterocycles. The van der Waals surface area contributed by atoms with Crippen LogP contribution >= 0.6 is 15.9 Å². The Morgan fingerprint density at radius 1 is 1.00 bits per heavy atom. The number of methoxy groups -OCH3 is 3. The summed E-state index contributed by atoms with van der Waals surface area (Å²) in [4.78, 5) is 11.0. The van der Waals surface area contributed by atoms with Gasteiger partial charge in [-0.3, -0.25) is 0 Å². The third-order valence-electron chi connectivity index (χ3n) is 6.66. The van der Waals surface area contributed by atoms with E-state index < -0.39 is 17.3 Å². The highest BCUT2D eigenvalue weighted by molar-refractivity contribution is 9.10. The van der Waals surface area contributed by atoms with Gasteiger partial charge in [0, 0.05) is 45.4 Å². The number of aromatic nitrogens is 2. The zero-order valence-corrected chi connectivity index (χ0v) is 23.6. The van der Waals surface area contributed by atoms with Crippen LogP contribution in [-0.4, -0.2) is 61.9 Å². The first-order chi connectivity index (χ1) is 18.2. The van der Waals surface area contributed by atoms with Crippen molar-refractivity contribution in [3.8, 4) is 17.5 Å². The molecular weight excluding hydrogens is 553 g/mol. The van der Waals surface area contributed by atoms with E-state index in [1.807, 2.05) is 43.3 Å². The fourth-order valence-corrected chi connectivity index (χ4v) is 5.09. The average molecular weight is 584 g/mol. The van der Waals surface area contributed by atoms with Crippen LogP contribution in [0.2, 0.25) is 0 Å². The second kappa shape index (κ2) is 11.6. The maximum atomic E-state index is 16.0. The lowest BCUT2D eigenvalue weighted by atomic mass is 9.71. The summed E-state index contributed by atoms with van der Waals surface area (Å²) in [6.45, 7) is 0.513. The second-order valence-corrected chi connectivity index (χ2v) is 10.2. The van der Waals surface area contributed by atoms with Crippen molar-refractivity contribution in [3.05, 3.63) is 87.8 Å². The summed E-state index contributed by atoms with van der Waals surface area (Å²) in [5.41, 5.74) is 0.370. The predicted molar refractivity (Wildman–Crippen MR) is 149 cm³/mol. The fraction of sp³-hybridized carbons (Fsp3) is 0.310. The highest BCUT2D eigenvalue weighted by Crippen LogP contribution is 2.49. The van der Waals surface area contributed by atoms with Crippen LogP contribution in [0.4, 0.5) is 4.39 Å². The smallest absolute Gasteiger partial charge is 0.217 e. The van der Waals surface area contributed by atoms with Crippen molar-refractivity contribution in [2.75, 3.05) is 42.0 Å². The number of hydrogen-bond donors (Lipinski definition) is 1. The maximum absolute atomic E-state index is 16.0. The van der Waals surface area contributed by atoms with Gasteiger partial charge in [0.05, 0.1) is 32.8 Å². The van der Waals surface area contributed by atoms with Crippen LogP contribution in [0.5, 0.6) is 17.5 Å². The van der Waals surface area contributed by atoms with Gasteiger partial charge in [0.15, 0.2) is 11.6 Å². The number of fused-ring (bicyclic) bond motifs is 1. The van der Waals surface area contributed by atoms with Gasteiger partial charge in [-0.15, -0.1) is 0 Å². The SMILES string of the molecule is COc1ccc([C@](O)(CCN(C)C)[C@@H](c2cc3cc(Br)ccc3nc2OC)c2cccc(OC)c2F)cn1. The number of rotatable bonds is 10. The zero-order chi connectivity index (χ0) is 27.4. The minimum atomic E-state index is -1.62. The Hall–Kier alpha value is -3.27. The van der Waals surface area contributed by atoms with Crippen LogP contribution < -0.4 is 14.2 Å². The Morgan fingerprint density at radius 3 is 2.42 bits per heavy atom. The van der Waals surface area contributed by atoms with Crippen LogP contribution in [0.1, 0.15) is 29.0 Å². The van der Waals surface area contributed by atoms with Crippen molar-refractivity contribution in [1.82, 2.24) is 14.9 Å². The Bertz CT molecular complexity index is 1420. The standard InChI is InChI=1S/C29H31BrFN3O4/c1-34(2)14-13-29(35,19-9-12-25(37-4)32-17-19)26(21-7-6-8-24(36-3)27(21)31)22-16-18-15-20(30)10-11-23(18)33-28(22)38-5/h6-12,15-17,26,35H,13-14H2,1-5H3/t26-,29-/m1/s1. The van der Waals surface area contributed by atoms with Crippen molar-refractivity contribution >= 4 is 26.8 Å². The molecule has 0 saturated carbocycles. The summed E-state index contributed by atoms with van der Waals surface area (Å²) in [6, 6.07) is 15.9. The van der Waals surface area contributed by atoms with Crippen LogP contribution in [-0.2, 0) is 5.60 Å². The number of nitrogens with zero attached hydrogens (tertiary/aromatic N) is 3. The molecule has 0 radical (unpaired) electrons. The lowest BCUT2D eigenvalue weighted by molar-refractivity contribution is 0.00245. The van der Waals surface area contributed by atoms with E-state index in [9.17, 15) is 5.11 Å². The maximum Gasteiger partial charge on any atom is 0.217 e. The Labute approximate surface area is 230 Å². The molecule has 0 unspecified atom stereocenters. The number of benzene rings is 2. The summed E-state index contributed by atoms with van der Waals surface area (Å²) in [6.07, 6.45) is 1.83. The zero-order valence-electron chi connectivity index (χ0n) is 22.0. The number of hydrogen-bond acceptors (Lipinski definition) is 7. The van der Waals surface area contributed by atoms with Crippen LogP contribution in [0.3, 0.4) is 0 Å². The quantitative estimate of drug-likeness (QED) is 0.263. The van der Waals surface area contributed by atoms with Crippen molar-refractivity contribution in [2.24, 2.45) is 0 Å². The van der Waals surface area contributed by atoms with Gasteiger partial charge in [0.25, 0.3) is 0 Å². The molecule has 2 aromatic carbocycles. The Morgan fingerprint density at radius 2 is 1.79 bits per heavy atom. The third-order valence-corrected chi connectivity index (χ3v) is 7.15. The molecule has 0 aliphatic rings. The number of aliphatic hydroxyl groups is 1. The normalized spacial score (nSPS) is 13.8. The van der Waals surface area contributed by atoms with Gasteiger partial charge in [-0.05, 0) is 56.9 Å². The van der Waals surface area contributed by atoms with Gasteiger partial charge in [-0.25, -0.2) is 14.4 Å². The lowest BCUT2D eigenvalue weighted by Gasteiger charge is -2.38. The fourth-order valence-electron chi connectivity index (χ4n) is 4.71. The van der Waals surface area contributed by atoms with E-state index in [2.05, 4.69) is 20.9 Å². The van der Waals surface area contributed by atoms with Crippen molar-refractivity contribution < 1.29 is 23.7 Å². The number of ether oxygens (including phenoxy) is 3. The van der Waals surface area contributed by atoms with E-state index >= 15 is 4.39 Å². The summed E-state index contributed by atoms with van der Waals surface area (Å²) in [7, 11) is 8.30. The Kier molecular flexibility index (Phi) is 8.50. The van der Waals surface area contributed by atoms with E-state index in [0.717, 1.165) is 9.86 Å². The van der Waals surface area contributed by atoms with E-state index in [0.29, 0.717) is 29.1 Å². The van der Waals surface area contributed by atoms with Gasteiger partial charge >= 0.3 is 0 Å². The highest BCUT2D eigenvalue weighted by atomic mass is 79.9. The first-order valence-corrected chi connectivity index (χ1v) is 12.8. The van der Waals surface area contributed by atoms with Crippen molar-refractivity contribution in [2.45, 2.75) is 17.9 Å². The van der Waals surface area contributed by atoms with Gasteiger partial charge in [0.1, 0.15) is 5.60 Å². The topological polar surface area (TPSA) is 76.9 Å². The molecule has 38 heavy (non-hydrogen) atoms. The molecule has 0 aliphatic heterocycles. The molecule has 2 heterocycles. The molecule has 4 aromatic rings. The van der Waals surface area contributed by atoms with Crippen LogP contribution in [0.25, 0.3) is 10.9 Å². The van der Waals surface area contributed by atoms with Gasteiger partial charge in [0.2, 0.25) is 11.8 Å². The van der Waals surface area contributed by atoms with Crippen LogP contribution in [0.15, 0.2) is 65.3 Å². The largest absolute Gasteiger partial charge is 0.494 e. The molecule has 9 heteroatoms. The molecule has 2 atom stereocenters. The first kappa shape index (κ1) is 27.8. The molecular formula is C29H31BrFN3O4. The summed E-state index contributed by atoms with van der Waals surface area (Å²) < 4.78 is 33.2. The van der Waals surface area contributed by atoms with Gasteiger partial charge in [-0.2, -0.15) is 0 Å². The third kappa shape index (κ3) is 5.45. The molecule has 0 amide bonds. The summed E-state index contributed by atoms with van der Waals surface area (Å²) in [5, 5.41) is 13.5. The van der Waals surface area contributed by atoms with Gasteiger partial charge in [-0.1, -0.05) is 28.1 Å².